The van der Waals surface area contributed by atoms with Crippen molar-refractivity contribution in [2.75, 3.05) is 20.3 Å². The molecule has 3 aromatic rings. The number of ether oxygens (including phenoxy) is 3. The van der Waals surface area contributed by atoms with Crippen LogP contribution in [0.3, 0.4) is 0 Å². The first-order valence-corrected chi connectivity index (χ1v) is 11.7. The lowest BCUT2D eigenvalue weighted by molar-refractivity contribution is 0.0507. The lowest BCUT2D eigenvalue weighted by Gasteiger charge is -2.26. The molecule has 0 N–H and O–H groups in total. The largest absolute Gasteiger partial charge is 0.497 e. The van der Waals surface area contributed by atoms with Gasteiger partial charge in [-0.15, -0.1) is 0 Å². The van der Waals surface area contributed by atoms with Gasteiger partial charge in [-0.1, -0.05) is 18.2 Å². The molecule has 6 heteroatoms. The summed E-state index contributed by atoms with van der Waals surface area (Å²) in [6.45, 7) is 6.21. The van der Waals surface area contributed by atoms with Gasteiger partial charge < -0.3 is 19.1 Å². The summed E-state index contributed by atoms with van der Waals surface area (Å²) in [5.41, 5.74) is 4.55. The van der Waals surface area contributed by atoms with E-state index in [1.54, 1.807) is 19.5 Å². The van der Waals surface area contributed by atoms with Crippen molar-refractivity contribution in [3.05, 3.63) is 88.7 Å². The van der Waals surface area contributed by atoms with Crippen LogP contribution in [0.25, 0.3) is 0 Å². The van der Waals surface area contributed by atoms with Gasteiger partial charge in [0, 0.05) is 43.2 Å². The first-order chi connectivity index (χ1) is 16.5. The van der Waals surface area contributed by atoms with E-state index in [1.807, 2.05) is 67.3 Å². The molecule has 2 aromatic carbocycles. The van der Waals surface area contributed by atoms with Crippen molar-refractivity contribution in [1.29, 1.82) is 0 Å². The fraction of sp³-hybridized carbons (Fsp3) is 0.357. The monoisotopic (exact) mass is 460 g/mol. The lowest BCUT2D eigenvalue weighted by Crippen LogP contribution is -2.37. The maximum atomic E-state index is 13.7. The van der Waals surface area contributed by atoms with Crippen LogP contribution < -0.4 is 9.47 Å². The zero-order chi connectivity index (χ0) is 23.9. The summed E-state index contributed by atoms with van der Waals surface area (Å²) in [7, 11) is 1.65. The fourth-order valence-electron chi connectivity index (χ4n) is 4.37. The lowest BCUT2D eigenvalue weighted by atomic mass is 10.0. The number of rotatable bonds is 9. The van der Waals surface area contributed by atoms with Crippen molar-refractivity contribution >= 4 is 5.91 Å². The average molecular weight is 461 g/mol. The summed E-state index contributed by atoms with van der Waals surface area (Å²) in [6, 6.07) is 15.6. The Morgan fingerprint density at radius 3 is 2.59 bits per heavy atom. The Balaban J connectivity index is 1.54. The first kappa shape index (κ1) is 23.8. The second kappa shape index (κ2) is 11.2. The maximum Gasteiger partial charge on any atom is 0.254 e. The van der Waals surface area contributed by atoms with Crippen molar-refractivity contribution in [1.82, 2.24) is 9.88 Å². The van der Waals surface area contributed by atoms with Crippen molar-refractivity contribution in [2.24, 2.45) is 0 Å². The Labute approximate surface area is 201 Å². The molecule has 0 spiro atoms. The Hall–Kier alpha value is -3.38. The molecule has 1 aromatic heterocycles. The molecule has 1 atom stereocenters. The highest BCUT2D eigenvalue weighted by molar-refractivity contribution is 5.95. The Kier molecular flexibility index (Phi) is 7.80. The number of benzene rings is 2. The average Bonchev–Trinajstić information content (AvgIpc) is 3.36. The molecule has 178 valence electrons. The van der Waals surface area contributed by atoms with Gasteiger partial charge in [0.05, 0.1) is 13.2 Å². The normalized spacial score (nSPS) is 15.2. The fourth-order valence-corrected chi connectivity index (χ4v) is 4.37. The standard InChI is InChI=1S/C28H32N2O4/c1-20-13-24(14-21(2)27(20)34-19-23-8-5-11-29-16-23)28(31)30(18-26-10-6-12-33-26)17-22-7-4-9-25(15-22)32-3/h4-5,7-9,11,13-16,26H,6,10,12,17-19H2,1-3H3. The Bertz CT molecular complexity index is 1090. The highest BCUT2D eigenvalue weighted by Gasteiger charge is 2.25. The number of pyridine rings is 1. The van der Waals surface area contributed by atoms with E-state index in [4.69, 9.17) is 14.2 Å². The SMILES string of the molecule is COc1cccc(CN(CC2CCCO2)C(=O)c2cc(C)c(OCc3cccnc3)c(C)c2)c1. The minimum Gasteiger partial charge on any atom is -0.497 e. The molecule has 1 amide bonds. The number of aromatic nitrogens is 1. The molecule has 1 saturated heterocycles. The quantitative estimate of drug-likeness (QED) is 0.444. The van der Waals surface area contributed by atoms with Crippen molar-refractivity contribution in [3.63, 3.8) is 0 Å². The molecule has 34 heavy (non-hydrogen) atoms. The molecule has 1 unspecified atom stereocenters. The van der Waals surface area contributed by atoms with E-state index < -0.39 is 0 Å². The number of methoxy groups -OCH3 is 1. The van der Waals surface area contributed by atoms with E-state index in [9.17, 15) is 4.79 Å². The number of hydrogen-bond donors (Lipinski definition) is 0. The predicted octanol–water partition coefficient (Wildman–Crippen LogP) is 5.11. The molecule has 1 aliphatic heterocycles. The van der Waals surface area contributed by atoms with Crippen LogP contribution in [0, 0.1) is 13.8 Å². The van der Waals surface area contributed by atoms with Crippen LogP contribution >= 0.6 is 0 Å². The van der Waals surface area contributed by atoms with Gasteiger partial charge >= 0.3 is 0 Å². The van der Waals surface area contributed by atoms with Crippen LogP contribution in [-0.4, -0.2) is 42.2 Å². The van der Waals surface area contributed by atoms with Gasteiger partial charge in [0.15, 0.2) is 0 Å². The van der Waals surface area contributed by atoms with Gasteiger partial charge in [-0.25, -0.2) is 0 Å². The molecule has 1 fully saturated rings. The number of aryl methyl sites for hydroxylation is 2. The highest BCUT2D eigenvalue weighted by Crippen LogP contribution is 2.27. The van der Waals surface area contributed by atoms with Crippen molar-refractivity contribution in [3.8, 4) is 11.5 Å². The summed E-state index contributed by atoms with van der Waals surface area (Å²) < 4.78 is 17.3. The molecule has 6 nitrogen and oxygen atoms in total. The molecular formula is C28H32N2O4. The van der Waals surface area contributed by atoms with Gasteiger partial charge in [-0.05, 0) is 73.7 Å². The number of carbonyl (C=O) groups is 1. The third-order valence-corrected chi connectivity index (χ3v) is 6.06. The van der Waals surface area contributed by atoms with Crippen LogP contribution in [-0.2, 0) is 17.9 Å². The predicted molar refractivity (Wildman–Crippen MR) is 131 cm³/mol. The second-order valence-electron chi connectivity index (χ2n) is 8.76. The van der Waals surface area contributed by atoms with Crippen LogP contribution in [0.15, 0.2) is 60.9 Å². The summed E-state index contributed by atoms with van der Waals surface area (Å²) in [4.78, 5) is 19.7. The maximum absolute atomic E-state index is 13.7. The van der Waals surface area contributed by atoms with Gasteiger partial charge in [0.2, 0.25) is 0 Å². The highest BCUT2D eigenvalue weighted by atomic mass is 16.5. The number of amides is 1. The van der Waals surface area contributed by atoms with E-state index in [0.717, 1.165) is 53.2 Å². The Morgan fingerprint density at radius 1 is 1.12 bits per heavy atom. The molecule has 1 aliphatic rings. The summed E-state index contributed by atoms with van der Waals surface area (Å²) >= 11 is 0. The van der Waals surface area contributed by atoms with Gasteiger partial charge in [0.1, 0.15) is 18.1 Å². The molecule has 0 saturated carbocycles. The first-order valence-electron chi connectivity index (χ1n) is 11.7. The molecule has 2 heterocycles. The van der Waals surface area contributed by atoms with Crippen LogP contribution in [0.2, 0.25) is 0 Å². The third kappa shape index (κ3) is 5.94. The summed E-state index contributed by atoms with van der Waals surface area (Å²) in [6.07, 6.45) is 5.62. The zero-order valence-corrected chi connectivity index (χ0v) is 20.1. The van der Waals surface area contributed by atoms with Crippen molar-refractivity contribution in [2.45, 2.75) is 45.9 Å². The zero-order valence-electron chi connectivity index (χ0n) is 20.1. The van der Waals surface area contributed by atoms with E-state index in [2.05, 4.69) is 4.98 Å². The number of hydrogen-bond acceptors (Lipinski definition) is 5. The molecular weight excluding hydrogens is 428 g/mol. The third-order valence-electron chi connectivity index (χ3n) is 6.06. The minimum absolute atomic E-state index is 0.0108. The van der Waals surface area contributed by atoms with E-state index in [0.29, 0.717) is 25.3 Å². The van der Waals surface area contributed by atoms with E-state index in [-0.39, 0.29) is 12.0 Å². The van der Waals surface area contributed by atoms with Crippen LogP contribution in [0.1, 0.15) is 45.5 Å². The van der Waals surface area contributed by atoms with Crippen molar-refractivity contribution < 1.29 is 19.0 Å². The molecule has 4 rings (SSSR count). The van der Waals surface area contributed by atoms with Gasteiger partial charge in [-0.2, -0.15) is 0 Å². The molecule has 0 aliphatic carbocycles. The molecule has 0 bridgehead atoms. The van der Waals surface area contributed by atoms with Gasteiger partial charge in [-0.3, -0.25) is 9.78 Å². The van der Waals surface area contributed by atoms with E-state index >= 15 is 0 Å². The van der Waals surface area contributed by atoms with Crippen LogP contribution in [0.5, 0.6) is 11.5 Å². The second-order valence-corrected chi connectivity index (χ2v) is 8.76. The summed E-state index contributed by atoms with van der Waals surface area (Å²) in [5, 5.41) is 0. The smallest absolute Gasteiger partial charge is 0.254 e. The number of nitrogens with zero attached hydrogens (tertiary/aromatic N) is 2. The molecule has 0 radical (unpaired) electrons. The number of carbonyl (C=O) groups excluding carboxylic acids is 1. The Morgan fingerprint density at radius 2 is 1.91 bits per heavy atom. The van der Waals surface area contributed by atoms with Gasteiger partial charge in [0.25, 0.3) is 5.91 Å². The van der Waals surface area contributed by atoms with Crippen LogP contribution in [0.4, 0.5) is 0 Å². The minimum atomic E-state index is -0.0108. The summed E-state index contributed by atoms with van der Waals surface area (Å²) in [5.74, 6) is 1.58. The van der Waals surface area contributed by atoms with E-state index in [1.165, 1.54) is 0 Å². The topological polar surface area (TPSA) is 60.9 Å².